The SMILES string of the molecule is CC(C)(COCc1ccccc1)C1Cc2[nH]c(=O)c3ccccc3c2CO1. The van der Waals surface area contributed by atoms with Gasteiger partial charge in [0, 0.05) is 28.5 Å². The molecule has 4 nitrogen and oxygen atoms in total. The Bertz CT molecular complexity index is 991. The Labute approximate surface area is 159 Å². The molecule has 0 spiro atoms. The van der Waals surface area contributed by atoms with Crippen LogP contribution in [0.25, 0.3) is 10.8 Å². The summed E-state index contributed by atoms with van der Waals surface area (Å²) in [6, 6.07) is 17.9. The molecule has 2 aromatic carbocycles. The van der Waals surface area contributed by atoms with Gasteiger partial charge in [-0.25, -0.2) is 0 Å². The Morgan fingerprint density at radius 2 is 1.78 bits per heavy atom. The van der Waals surface area contributed by atoms with Gasteiger partial charge in [0.15, 0.2) is 0 Å². The van der Waals surface area contributed by atoms with Gasteiger partial charge in [-0.2, -0.15) is 0 Å². The smallest absolute Gasteiger partial charge is 0.256 e. The van der Waals surface area contributed by atoms with Gasteiger partial charge in [-0.3, -0.25) is 4.79 Å². The number of H-pyrrole nitrogens is 1. The van der Waals surface area contributed by atoms with Crippen molar-refractivity contribution < 1.29 is 9.47 Å². The number of hydrogen-bond acceptors (Lipinski definition) is 3. The van der Waals surface area contributed by atoms with E-state index < -0.39 is 0 Å². The Morgan fingerprint density at radius 3 is 2.56 bits per heavy atom. The van der Waals surface area contributed by atoms with E-state index in [4.69, 9.17) is 9.47 Å². The van der Waals surface area contributed by atoms with Crippen LogP contribution >= 0.6 is 0 Å². The van der Waals surface area contributed by atoms with Crippen LogP contribution in [0.2, 0.25) is 0 Å². The van der Waals surface area contributed by atoms with E-state index in [-0.39, 0.29) is 17.1 Å². The third kappa shape index (κ3) is 3.68. The van der Waals surface area contributed by atoms with Crippen LogP contribution in [0, 0.1) is 5.41 Å². The largest absolute Gasteiger partial charge is 0.376 e. The molecule has 0 amide bonds. The summed E-state index contributed by atoms with van der Waals surface area (Å²) in [4.78, 5) is 15.5. The fraction of sp³-hybridized carbons (Fsp3) is 0.348. The number of pyridine rings is 1. The van der Waals surface area contributed by atoms with Crippen LogP contribution < -0.4 is 5.56 Å². The van der Waals surface area contributed by atoms with Gasteiger partial charge in [0.1, 0.15) is 0 Å². The molecule has 0 bridgehead atoms. The molecule has 1 unspecified atom stereocenters. The van der Waals surface area contributed by atoms with Crippen molar-refractivity contribution in [1.29, 1.82) is 0 Å². The van der Waals surface area contributed by atoms with Crippen LogP contribution in [0.15, 0.2) is 59.4 Å². The van der Waals surface area contributed by atoms with Gasteiger partial charge < -0.3 is 14.5 Å². The zero-order chi connectivity index (χ0) is 18.9. The van der Waals surface area contributed by atoms with Gasteiger partial charge >= 0.3 is 0 Å². The third-order valence-corrected chi connectivity index (χ3v) is 5.40. The number of fused-ring (bicyclic) bond motifs is 3. The standard InChI is InChI=1S/C23H25NO3/c1-23(2,15-26-13-16-8-4-3-5-9-16)21-12-20-19(14-27-21)17-10-6-7-11-18(17)22(25)24-20/h3-11,21H,12-15H2,1-2H3,(H,24,25). The first-order valence-electron chi connectivity index (χ1n) is 9.41. The highest BCUT2D eigenvalue weighted by atomic mass is 16.5. The van der Waals surface area contributed by atoms with Crippen molar-refractivity contribution >= 4 is 10.8 Å². The van der Waals surface area contributed by atoms with Crippen LogP contribution in [0.4, 0.5) is 0 Å². The van der Waals surface area contributed by atoms with E-state index in [1.165, 1.54) is 5.56 Å². The molecule has 4 rings (SSSR count). The van der Waals surface area contributed by atoms with Crippen molar-refractivity contribution in [1.82, 2.24) is 4.98 Å². The van der Waals surface area contributed by atoms with Crippen molar-refractivity contribution in [3.05, 3.63) is 81.8 Å². The molecule has 140 valence electrons. The first-order valence-corrected chi connectivity index (χ1v) is 9.41. The Morgan fingerprint density at radius 1 is 1.07 bits per heavy atom. The molecule has 4 heteroatoms. The van der Waals surface area contributed by atoms with Crippen LogP contribution in [0.1, 0.15) is 30.7 Å². The maximum atomic E-state index is 12.4. The monoisotopic (exact) mass is 363 g/mol. The lowest BCUT2D eigenvalue weighted by Crippen LogP contribution is -2.40. The van der Waals surface area contributed by atoms with Crippen molar-refractivity contribution in [2.75, 3.05) is 6.61 Å². The summed E-state index contributed by atoms with van der Waals surface area (Å²) in [7, 11) is 0. The molecule has 1 aromatic heterocycles. The van der Waals surface area contributed by atoms with Gasteiger partial charge in [-0.1, -0.05) is 62.4 Å². The second-order valence-electron chi connectivity index (χ2n) is 7.93. The molecule has 27 heavy (non-hydrogen) atoms. The van der Waals surface area contributed by atoms with Gasteiger partial charge in [0.2, 0.25) is 0 Å². The number of aromatic amines is 1. The number of nitrogens with one attached hydrogen (secondary N) is 1. The van der Waals surface area contributed by atoms with Crippen LogP contribution in [-0.4, -0.2) is 17.7 Å². The van der Waals surface area contributed by atoms with Gasteiger partial charge in [-0.05, 0) is 17.0 Å². The Kier molecular flexibility index (Phi) is 4.85. The summed E-state index contributed by atoms with van der Waals surface area (Å²) in [5.41, 5.74) is 3.07. The highest BCUT2D eigenvalue weighted by Crippen LogP contribution is 2.33. The molecule has 1 N–H and O–H groups in total. The van der Waals surface area contributed by atoms with E-state index in [0.29, 0.717) is 26.2 Å². The zero-order valence-electron chi connectivity index (χ0n) is 15.8. The van der Waals surface area contributed by atoms with Crippen molar-refractivity contribution in [2.45, 2.75) is 39.6 Å². The second-order valence-corrected chi connectivity index (χ2v) is 7.93. The molecule has 3 aromatic rings. The second kappa shape index (κ2) is 7.29. The summed E-state index contributed by atoms with van der Waals surface area (Å²) >= 11 is 0. The van der Waals surface area contributed by atoms with Crippen LogP contribution in [-0.2, 0) is 29.1 Å². The Hall–Kier alpha value is -2.43. The summed E-state index contributed by atoms with van der Waals surface area (Å²) < 4.78 is 12.2. The fourth-order valence-corrected chi connectivity index (χ4v) is 3.75. The number of hydrogen-bond donors (Lipinski definition) is 1. The van der Waals surface area contributed by atoms with E-state index in [1.54, 1.807) is 0 Å². The summed E-state index contributed by atoms with van der Waals surface area (Å²) in [5.74, 6) is 0. The predicted molar refractivity (Wildman–Crippen MR) is 107 cm³/mol. The van der Waals surface area contributed by atoms with Gasteiger partial charge in [0.25, 0.3) is 5.56 Å². The molecule has 1 aliphatic rings. The molecule has 1 aliphatic heterocycles. The molecule has 1 atom stereocenters. The topological polar surface area (TPSA) is 51.3 Å². The van der Waals surface area contributed by atoms with E-state index in [2.05, 4.69) is 31.0 Å². The molecule has 0 fully saturated rings. The maximum Gasteiger partial charge on any atom is 0.256 e. The predicted octanol–water partition coefficient (Wildman–Crippen LogP) is 4.21. The molecular formula is C23H25NO3. The lowest BCUT2D eigenvalue weighted by Gasteiger charge is -2.37. The van der Waals surface area contributed by atoms with E-state index in [1.807, 2.05) is 42.5 Å². The highest BCUT2D eigenvalue weighted by molar-refractivity contribution is 5.85. The highest BCUT2D eigenvalue weighted by Gasteiger charge is 2.35. The molecule has 0 radical (unpaired) electrons. The van der Waals surface area contributed by atoms with Gasteiger partial charge in [-0.15, -0.1) is 0 Å². The van der Waals surface area contributed by atoms with E-state index >= 15 is 0 Å². The minimum absolute atomic E-state index is 0.00224. The zero-order valence-corrected chi connectivity index (χ0v) is 15.8. The first-order chi connectivity index (χ1) is 13.0. The minimum Gasteiger partial charge on any atom is -0.376 e. The lowest BCUT2D eigenvalue weighted by atomic mass is 9.82. The number of aromatic nitrogens is 1. The molecule has 2 heterocycles. The summed E-state index contributed by atoms with van der Waals surface area (Å²) in [6.07, 6.45) is 0.689. The molecular weight excluding hydrogens is 338 g/mol. The van der Waals surface area contributed by atoms with E-state index in [9.17, 15) is 4.79 Å². The Balaban J connectivity index is 1.49. The van der Waals surface area contributed by atoms with Crippen molar-refractivity contribution in [3.63, 3.8) is 0 Å². The number of ether oxygens (including phenoxy) is 2. The third-order valence-electron chi connectivity index (χ3n) is 5.40. The first kappa shape index (κ1) is 18.0. The quantitative estimate of drug-likeness (QED) is 0.739. The summed E-state index contributed by atoms with van der Waals surface area (Å²) in [6.45, 7) is 6.02. The fourth-order valence-electron chi connectivity index (χ4n) is 3.75. The van der Waals surface area contributed by atoms with Crippen LogP contribution in [0.5, 0.6) is 0 Å². The van der Waals surface area contributed by atoms with Crippen LogP contribution in [0.3, 0.4) is 0 Å². The number of rotatable bonds is 5. The average molecular weight is 363 g/mol. The average Bonchev–Trinajstić information content (AvgIpc) is 2.68. The van der Waals surface area contributed by atoms with E-state index in [0.717, 1.165) is 22.0 Å². The molecule has 0 saturated heterocycles. The van der Waals surface area contributed by atoms with Crippen molar-refractivity contribution in [3.8, 4) is 0 Å². The summed E-state index contributed by atoms with van der Waals surface area (Å²) in [5, 5.41) is 1.72. The maximum absolute atomic E-state index is 12.4. The lowest BCUT2D eigenvalue weighted by molar-refractivity contribution is -0.0821. The molecule has 0 saturated carbocycles. The van der Waals surface area contributed by atoms with Gasteiger partial charge in [0.05, 0.1) is 25.9 Å². The minimum atomic E-state index is -0.158. The van der Waals surface area contributed by atoms with Crippen molar-refractivity contribution in [2.24, 2.45) is 5.41 Å². The normalized spacial score (nSPS) is 17.0. The molecule has 0 aliphatic carbocycles. The number of benzene rings is 2.